The predicted molar refractivity (Wildman–Crippen MR) is 67.3 cm³/mol. The Morgan fingerprint density at radius 2 is 1.88 bits per heavy atom. The molecule has 4 nitrogen and oxygen atoms in total. The van der Waals surface area contributed by atoms with Gasteiger partial charge in [-0.05, 0) is 18.9 Å². The summed E-state index contributed by atoms with van der Waals surface area (Å²) in [7, 11) is 0. The van der Waals surface area contributed by atoms with Crippen LogP contribution in [0.4, 0.5) is 5.82 Å². The molecule has 0 bridgehead atoms. The third-order valence-electron chi connectivity index (χ3n) is 3.08. The van der Waals surface area contributed by atoms with Crippen molar-refractivity contribution in [1.82, 2.24) is 9.97 Å². The van der Waals surface area contributed by atoms with E-state index in [1.165, 1.54) is 0 Å². The van der Waals surface area contributed by atoms with E-state index in [0.29, 0.717) is 11.3 Å². The largest absolute Gasteiger partial charge is 0.352 e. The number of aromatic nitrogens is 2. The number of nitrogens with zero attached hydrogens (tertiary/aromatic N) is 3. The third-order valence-corrected chi connectivity index (χ3v) is 3.08. The van der Waals surface area contributed by atoms with Crippen molar-refractivity contribution in [3.63, 3.8) is 0 Å². The first kappa shape index (κ1) is 10.2. The van der Waals surface area contributed by atoms with Crippen molar-refractivity contribution < 1.29 is 0 Å². The van der Waals surface area contributed by atoms with Crippen LogP contribution >= 0.6 is 0 Å². The van der Waals surface area contributed by atoms with Gasteiger partial charge in [0.05, 0.1) is 5.52 Å². The van der Waals surface area contributed by atoms with E-state index in [-0.39, 0.29) is 5.56 Å². The van der Waals surface area contributed by atoms with Gasteiger partial charge < -0.3 is 4.90 Å². The Morgan fingerprint density at radius 3 is 2.71 bits per heavy atom. The van der Waals surface area contributed by atoms with E-state index in [4.69, 9.17) is 0 Å². The summed E-state index contributed by atoms with van der Waals surface area (Å²) in [6.07, 6.45) is 3.98. The smallest absolute Gasteiger partial charge is 0.313 e. The van der Waals surface area contributed by atoms with Gasteiger partial charge in [0.15, 0.2) is 5.82 Å². The summed E-state index contributed by atoms with van der Waals surface area (Å²) in [5, 5.41) is 0.898. The standard InChI is InChI=1S/C13H13N3O/c17-13-12(16-7-3-4-8-16)14-9-10-5-1-2-6-11(10)15-13/h1-2,5-6,9H,3-4,7-8H2. The SMILES string of the molecule is O=c1nc2ccccc2cnc1N1CCCC1. The molecule has 0 radical (unpaired) electrons. The lowest BCUT2D eigenvalue weighted by Gasteiger charge is -2.12. The topological polar surface area (TPSA) is 46.1 Å². The molecule has 0 amide bonds. The lowest BCUT2D eigenvalue weighted by Crippen LogP contribution is -2.25. The fraction of sp³-hybridized carbons (Fsp3) is 0.308. The van der Waals surface area contributed by atoms with Crippen molar-refractivity contribution in [1.29, 1.82) is 0 Å². The number of rotatable bonds is 1. The Morgan fingerprint density at radius 1 is 1.12 bits per heavy atom. The molecule has 17 heavy (non-hydrogen) atoms. The van der Waals surface area contributed by atoms with E-state index in [9.17, 15) is 4.79 Å². The molecule has 0 unspecified atom stereocenters. The van der Waals surface area contributed by atoms with Gasteiger partial charge in [-0.15, -0.1) is 0 Å². The number of hydrogen-bond donors (Lipinski definition) is 0. The van der Waals surface area contributed by atoms with Crippen molar-refractivity contribution in [3.05, 3.63) is 40.8 Å². The Kier molecular flexibility index (Phi) is 2.48. The second-order valence-corrected chi connectivity index (χ2v) is 4.25. The first-order valence-corrected chi connectivity index (χ1v) is 5.86. The molecule has 1 saturated heterocycles. The molecular weight excluding hydrogens is 214 g/mol. The zero-order valence-electron chi connectivity index (χ0n) is 9.47. The van der Waals surface area contributed by atoms with Crippen molar-refractivity contribution in [2.45, 2.75) is 12.8 Å². The fourth-order valence-electron chi connectivity index (χ4n) is 2.19. The minimum Gasteiger partial charge on any atom is -0.352 e. The van der Waals surface area contributed by atoms with Crippen molar-refractivity contribution in [2.24, 2.45) is 0 Å². The summed E-state index contributed by atoms with van der Waals surface area (Å²) >= 11 is 0. The van der Waals surface area contributed by atoms with Crippen LogP contribution in [0, 0.1) is 0 Å². The first-order valence-electron chi connectivity index (χ1n) is 5.86. The molecule has 0 aliphatic carbocycles. The van der Waals surface area contributed by atoms with Gasteiger partial charge in [0.2, 0.25) is 0 Å². The van der Waals surface area contributed by atoms with Gasteiger partial charge in [0.1, 0.15) is 0 Å². The summed E-state index contributed by atoms with van der Waals surface area (Å²) < 4.78 is 0. The molecule has 0 atom stereocenters. The second kappa shape index (κ2) is 4.13. The minimum absolute atomic E-state index is 0.229. The number of benzene rings is 1. The van der Waals surface area contributed by atoms with Crippen LogP contribution in [0.25, 0.3) is 10.9 Å². The zero-order valence-corrected chi connectivity index (χ0v) is 9.47. The average molecular weight is 227 g/mol. The second-order valence-electron chi connectivity index (χ2n) is 4.25. The first-order chi connectivity index (χ1) is 8.34. The van der Waals surface area contributed by atoms with Crippen LogP contribution in [0.3, 0.4) is 0 Å². The van der Waals surface area contributed by atoms with Crippen LogP contribution < -0.4 is 10.5 Å². The van der Waals surface area contributed by atoms with Gasteiger partial charge in [-0.3, -0.25) is 4.79 Å². The van der Waals surface area contributed by atoms with Crippen molar-refractivity contribution in [2.75, 3.05) is 18.0 Å². The third kappa shape index (κ3) is 1.86. The molecule has 1 aliphatic rings. The number of para-hydroxylation sites is 1. The van der Waals surface area contributed by atoms with Crippen LogP contribution in [-0.2, 0) is 0 Å². The summed E-state index contributed by atoms with van der Waals surface area (Å²) in [6, 6.07) is 7.56. The number of hydrogen-bond acceptors (Lipinski definition) is 4. The lowest BCUT2D eigenvalue weighted by atomic mass is 10.2. The molecular formula is C13H13N3O. The normalized spacial score (nSPS) is 15.4. The zero-order chi connectivity index (χ0) is 11.7. The molecule has 0 N–H and O–H groups in total. The maximum absolute atomic E-state index is 12.0. The molecule has 0 spiro atoms. The monoisotopic (exact) mass is 227 g/mol. The van der Waals surface area contributed by atoms with E-state index in [1.807, 2.05) is 29.2 Å². The highest BCUT2D eigenvalue weighted by Crippen LogP contribution is 2.14. The van der Waals surface area contributed by atoms with Crippen molar-refractivity contribution in [3.8, 4) is 0 Å². The minimum atomic E-state index is -0.229. The Balaban J connectivity index is 2.20. The molecule has 1 fully saturated rings. The van der Waals surface area contributed by atoms with Crippen LogP contribution in [0.2, 0.25) is 0 Å². The van der Waals surface area contributed by atoms with E-state index >= 15 is 0 Å². The maximum Gasteiger partial charge on any atom is 0.313 e. The van der Waals surface area contributed by atoms with Crippen molar-refractivity contribution >= 4 is 16.7 Å². The predicted octanol–water partition coefficient (Wildman–Crippen LogP) is 1.59. The maximum atomic E-state index is 12.0. The molecule has 1 aromatic carbocycles. The molecule has 1 aromatic heterocycles. The van der Waals surface area contributed by atoms with Gasteiger partial charge in [-0.25, -0.2) is 9.97 Å². The van der Waals surface area contributed by atoms with E-state index in [2.05, 4.69) is 9.97 Å². The quantitative estimate of drug-likeness (QED) is 0.742. The number of anilines is 1. The van der Waals surface area contributed by atoms with E-state index in [0.717, 1.165) is 31.3 Å². The molecule has 0 saturated carbocycles. The highest BCUT2D eigenvalue weighted by atomic mass is 16.1. The Bertz CT molecular complexity index is 606. The highest BCUT2D eigenvalue weighted by Gasteiger charge is 2.16. The lowest BCUT2D eigenvalue weighted by molar-refractivity contribution is 0.926. The van der Waals surface area contributed by atoms with Gasteiger partial charge in [0.25, 0.3) is 0 Å². The van der Waals surface area contributed by atoms with Gasteiger partial charge in [-0.2, -0.15) is 0 Å². The molecule has 2 aromatic rings. The molecule has 4 heteroatoms. The molecule has 2 heterocycles. The summed E-state index contributed by atoms with van der Waals surface area (Å²) in [5.41, 5.74) is 0.476. The summed E-state index contributed by atoms with van der Waals surface area (Å²) in [6.45, 7) is 1.81. The Hall–Kier alpha value is -1.97. The Labute approximate surface area is 98.9 Å². The van der Waals surface area contributed by atoms with E-state index < -0.39 is 0 Å². The highest BCUT2D eigenvalue weighted by molar-refractivity contribution is 5.77. The molecule has 3 rings (SSSR count). The van der Waals surface area contributed by atoms with Gasteiger partial charge in [-0.1, -0.05) is 18.2 Å². The number of fused-ring (bicyclic) bond motifs is 1. The van der Waals surface area contributed by atoms with Crippen LogP contribution in [-0.4, -0.2) is 23.1 Å². The average Bonchev–Trinajstić information content (AvgIpc) is 2.80. The summed E-state index contributed by atoms with van der Waals surface area (Å²) in [5.74, 6) is 0.485. The van der Waals surface area contributed by atoms with Crippen LogP contribution in [0.15, 0.2) is 35.3 Å². The van der Waals surface area contributed by atoms with Gasteiger partial charge in [0, 0.05) is 24.7 Å². The fourth-order valence-corrected chi connectivity index (χ4v) is 2.19. The van der Waals surface area contributed by atoms with Gasteiger partial charge >= 0.3 is 5.56 Å². The molecule has 1 aliphatic heterocycles. The van der Waals surface area contributed by atoms with Crippen LogP contribution in [0.5, 0.6) is 0 Å². The van der Waals surface area contributed by atoms with Crippen LogP contribution in [0.1, 0.15) is 12.8 Å². The molecule has 86 valence electrons. The van der Waals surface area contributed by atoms with E-state index in [1.54, 1.807) is 6.20 Å². The summed E-state index contributed by atoms with van der Waals surface area (Å²) in [4.78, 5) is 22.5.